The SMILES string of the molecule is CC(C)(c1ccc(CO)cc1)c1ccc(OCC(O)CS)cc1. The standard InChI is InChI=1S/C19H24O3S/c1-19(2,15-5-3-14(11-20)4-6-15)16-7-9-18(10-8-16)22-12-17(21)13-23/h3-10,17,20-21,23H,11-13H2,1-2H3. The van der Waals surface area contributed by atoms with Crippen molar-refractivity contribution in [1.29, 1.82) is 0 Å². The second-order valence-electron chi connectivity index (χ2n) is 6.15. The van der Waals surface area contributed by atoms with Crippen molar-refractivity contribution in [3.63, 3.8) is 0 Å². The molecule has 0 amide bonds. The minimum Gasteiger partial charge on any atom is -0.491 e. The van der Waals surface area contributed by atoms with Gasteiger partial charge in [0.25, 0.3) is 0 Å². The van der Waals surface area contributed by atoms with Gasteiger partial charge in [-0.2, -0.15) is 12.6 Å². The van der Waals surface area contributed by atoms with Crippen LogP contribution in [0.2, 0.25) is 0 Å². The molecule has 2 rings (SSSR count). The Morgan fingerprint density at radius 3 is 2.00 bits per heavy atom. The Morgan fingerprint density at radius 1 is 1.00 bits per heavy atom. The lowest BCUT2D eigenvalue weighted by molar-refractivity contribution is 0.126. The van der Waals surface area contributed by atoms with Gasteiger partial charge in [-0.1, -0.05) is 50.2 Å². The van der Waals surface area contributed by atoms with Crippen LogP contribution in [0.3, 0.4) is 0 Å². The molecule has 4 heteroatoms. The first kappa shape index (κ1) is 17.9. The third-order valence-corrected chi connectivity index (χ3v) is 4.51. The van der Waals surface area contributed by atoms with Crippen molar-refractivity contribution in [3.05, 3.63) is 65.2 Å². The van der Waals surface area contributed by atoms with E-state index in [0.717, 1.165) is 11.3 Å². The quantitative estimate of drug-likeness (QED) is 0.683. The van der Waals surface area contributed by atoms with Crippen LogP contribution in [0.1, 0.15) is 30.5 Å². The molecule has 2 N–H and O–H groups in total. The summed E-state index contributed by atoms with van der Waals surface area (Å²) in [5.41, 5.74) is 3.14. The van der Waals surface area contributed by atoms with Gasteiger partial charge in [0, 0.05) is 11.2 Å². The average molecular weight is 332 g/mol. The van der Waals surface area contributed by atoms with Crippen molar-refractivity contribution in [2.24, 2.45) is 0 Å². The predicted octanol–water partition coefficient (Wildman–Crippen LogP) is 3.17. The number of rotatable bonds is 7. The van der Waals surface area contributed by atoms with Crippen molar-refractivity contribution < 1.29 is 14.9 Å². The van der Waals surface area contributed by atoms with Gasteiger partial charge < -0.3 is 14.9 Å². The van der Waals surface area contributed by atoms with Crippen LogP contribution in [-0.4, -0.2) is 28.7 Å². The summed E-state index contributed by atoms with van der Waals surface area (Å²) < 4.78 is 5.54. The van der Waals surface area contributed by atoms with Gasteiger partial charge in [-0.05, 0) is 28.8 Å². The van der Waals surface area contributed by atoms with Gasteiger partial charge in [0.1, 0.15) is 12.4 Å². The Balaban J connectivity index is 2.12. The smallest absolute Gasteiger partial charge is 0.119 e. The molecule has 0 bridgehead atoms. The maximum Gasteiger partial charge on any atom is 0.119 e. The van der Waals surface area contributed by atoms with Gasteiger partial charge in [-0.25, -0.2) is 0 Å². The van der Waals surface area contributed by atoms with Gasteiger partial charge in [-0.3, -0.25) is 0 Å². The first-order valence-corrected chi connectivity index (χ1v) is 8.33. The van der Waals surface area contributed by atoms with Gasteiger partial charge in [0.15, 0.2) is 0 Å². The lowest BCUT2D eigenvalue weighted by Crippen LogP contribution is -2.20. The van der Waals surface area contributed by atoms with Crippen LogP contribution in [0.15, 0.2) is 48.5 Å². The summed E-state index contributed by atoms with van der Waals surface area (Å²) in [6.07, 6.45) is -0.556. The normalized spacial score (nSPS) is 12.9. The fourth-order valence-electron chi connectivity index (χ4n) is 2.41. The Morgan fingerprint density at radius 2 is 1.52 bits per heavy atom. The first-order valence-electron chi connectivity index (χ1n) is 7.70. The summed E-state index contributed by atoms with van der Waals surface area (Å²) in [4.78, 5) is 0. The van der Waals surface area contributed by atoms with Crippen LogP contribution < -0.4 is 4.74 Å². The van der Waals surface area contributed by atoms with Gasteiger partial charge in [0.2, 0.25) is 0 Å². The van der Waals surface area contributed by atoms with E-state index in [1.165, 1.54) is 11.1 Å². The number of aliphatic hydroxyl groups excluding tert-OH is 2. The van der Waals surface area contributed by atoms with Crippen molar-refractivity contribution in [1.82, 2.24) is 0 Å². The summed E-state index contributed by atoms with van der Waals surface area (Å²) in [6, 6.07) is 15.9. The van der Waals surface area contributed by atoms with Crippen LogP contribution in [0, 0.1) is 0 Å². The number of aliphatic hydroxyl groups is 2. The van der Waals surface area contributed by atoms with Crippen LogP contribution in [-0.2, 0) is 12.0 Å². The van der Waals surface area contributed by atoms with Crippen LogP contribution in [0.4, 0.5) is 0 Å². The van der Waals surface area contributed by atoms with Crippen molar-refractivity contribution in [2.45, 2.75) is 32.0 Å². The summed E-state index contributed by atoms with van der Waals surface area (Å²) >= 11 is 4.03. The minimum atomic E-state index is -0.556. The van der Waals surface area contributed by atoms with Crippen LogP contribution >= 0.6 is 12.6 Å². The molecule has 1 atom stereocenters. The molecule has 0 aliphatic carbocycles. The van der Waals surface area contributed by atoms with Crippen LogP contribution in [0.25, 0.3) is 0 Å². The number of ether oxygens (including phenoxy) is 1. The molecular formula is C19H24O3S. The molecular weight excluding hydrogens is 308 g/mol. The van der Waals surface area contributed by atoms with Gasteiger partial charge in [0.05, 0.1) is 12.7 Å². The molecule has 0 radical (unpaired) electrons. The molecule has 0 heterocycles. The molecule has 124 valence electrons. The summed E-state index contributed by atoms with van der Waals surface area (Å²) in [7, 11) is 0. The molecule has 2 aromatic rings. The molecule has 0 aromatic heterocycles. The number of hydrogen-bond donors (Lipinski definition) is 3. The Hall–Kier alpha value is -1.49. The van der Waals surface area contributed by atoms with E-state index in [0.29, 0.717) is 5.75 Å². The second-order valence-corrected chi connectivity index (χ2v) is 6.52. The van der Waals surface area contributed by atoms with Gasteiger partial charge >= 0.3 is 0 Å². The highest BCUT2D eigenvalue weighted by molar-refractivity contribution is 7.80. The maximum absolute atomic E-state index is 9.48. The van der Waals surface area contributed by atoms with Crippen molar-refractivity contribution >= 4 is 12.6 Å². The molecule has 0 fully saturated rings. The molecule has 23 heavy (non-hydrogen) atoms. The van der Waals surface area contributed by atoms with E-state index in [-0.39, 0.29) is 18.6 Å². The van der Waals surface area contributed by atoms with Gasteiger partial charge in [-0.15, -0.1) is 0 Å². The lowest BCUT2D eigenvalue weighted by atomic mass is 9.78. The third-order valence-electron chi connectivity index (χ3n) is 4.09. The Bertz CT molecular complexity index is 606. The average Bonchev–Trinajstić information content (AvgIpc) is 2.60. The van der Waals surface area contributed by atoms with Crippen molar-refractivity contribution in [3.8, 4) is 5.75 Å². The monoisotopic (exact) mass is 332 g/mol. The molecule has 0 saturated carbocycles. The zero-order valence-electron chi connectivity index (χ0n) is 13.6. The maximum atomic E-state index is 9.48. The van der Waals surface area contributed by atoms with E-state index in [1.54, 1.807) is 0 Å². The highest BCUT2D eigenvalue weighted by Gasteiger charge is 2.23. The molecule has 0 aliphatic heterocycles. The topological polar surface area (TPSA) is 49.7 Å². The molecule has 3 nitrogen and oxygen atoms in total. The first-order chi connectivity index (χ1) is 11.0. The van der Waals surface area contributed by atoms with Crippen LogP contribution in [0.5, 0.6) is 5.75 Å². The molecule has 0 spiro atoms. The predicted molar refractivity (Wildman–Crippen MR) is 96.3 cm³/mol. The largest absolute Gasteiger partial charge is 0.491 e. The molecule has 2 aromatic carbocycles. The molecule has 0 saturated heterocycles. The van der Waals surface area contributed by atoms with E-state index >= 15 is 0 Å². The lowest BCUT2D eigenvalue weighted by Gasteiger charge is -2.26. The van der Waals surface area contributed by atoms with E-state index in [9.17, 15) is 5.11 Å². The third kappa shape index (κ3) is 4.50. The van der Waals surface area contributed by atoms with E-state index in [2.05, 4.69) is 38.6 Å². The highest BCUT2D eigenvalue weighted by atomic mass is 32.1. The number of benzene rings is 2. The number of hydrogen-bond acceptors (Lipinski definition) is 4. The van der Waals surface area contributed by atoms with E-state index in [4.69, 9.17) is 9.84 Å². The zero-order valence-corrected chi connectivity index (χ0v) is 14.5. The number of thiol groups is 1. The van der Waals surface area contributed by atoms with Crippen molar-refractivity contribution in [2.75, 3.05) is 12.4 Å². The van der Waals surface area contributed by atoms with E-state index < -0.39 is 6.10 Å². The highest BCUT2D eigenvalue weighted by Crippen LogP contribution is 2.32. The second kappa shape index (κ2) is 7.86. The summed E-state index contributed by atoms with van der Waals surface area (Å²) in [5, 5.41) is 18.6. The minimum absolute atomic E-state index is 0.0604. The molecule has 0 aliphatic rings. The Kier molecular flexibility index (Phi) is 6.10. The molecule has 1 unspecified atom stereocenters. The fraction of sp³-hybridized carbons (Fsp3) is 0.368. The summed E-state index contributed by atoms with van der Waals surface area (Å²) in [5.74, 6) is 1.12. The summed E-state index contributed by atoms with van der Waals surface area (Å²) in [6.45, 7) is 4.64. The zero-order chi connectivity index (χ0) is 16.9. The Labute approximate surface area is 143 Å². The fourth-order valence-corrected chi connectivity index (χ4v) is 2.51. The van der Waals surface area contributed by atoms with E-state index in [1.807, 2.05) is 36.4 Å².